The number of hydrogen-bond acceptors (Lipinski definition) is 31. The molecule has 0 aromatic heterocycles. The van der Waals surface area contributed by atoms with E-state index in [9.17, 15) is 67.1 Å². The second-order valence-corrected chi connectivity index (χ2v) is 39.8. The highest BCUT2D eigenvalue weighted by atomic mass is 16.7. The topological polar surface area (TPSA) is 396 Å². The first-order chi connectivity index (χ1) is 57.1. The molecule has 31 heteroatoms. The molecule has 0 radical (unpaired) electrons. The van der Waals surface area contributed by atoms with Crippen LogP contribution in [0.3, 0.4) is 0 Å². The minimum absolute atomic E-state index is 0.000856. The van der Waals surface area contributed by atoms with E-state index in [4.69, 9.17) is 80.5 Å². The van der Waals surface area contributed by atoms with Crippen molar-refractivity contribution >= 4 is 83.6 Å². The predicted octanol–water partition coefficient (Wildman–Crippen LogP) is 8.64. The lowest BCUT2D eigenvalue weighted by Crippen LogP contribution is -2.49. The monoisotopic (exact) mass is 1700 g/mol. The Balaban J connectivity index is 0.000000125. The van der Waals surface area contributed by atoms with Crippen molar-refractivity contribution in [3.8, 4) is 0 Å². The van der Waals surface area contributed by atoms with E-state index < -0.39 is 118 Å². The third-order valence-corrected chi connectivity index (χ3v) is 32.1. The Bertz CT molecular complexity index is 3990. The lowest BCUT2D eigenvalue weighted by Gasteiger charge is -2.36. The lowest BCUT2D eigenvalue weighted by atomic mass is 9.74. The molecule has 12 bridgehead atoms. The Morgan fingerprint density at radius 3 is 1.08 bits per heavy atom. The van der Waals surface area contributed by atoms with Gasteiger partial charge in [0.05, 0.1) is 104 Å². The number of cyclic esters (lactones) is 4. The van der Waals surface area contributed by atoms with Crippen molar-refractivity contribution < 1.29 is 148 Å². The van der Waals surface area contributed by atoms with E-state index in [0.717, 1.165) is 64.2 Å². The van der Waals surface area contributed by atoms with Gasteiger partial charge in [-0.2, -0.15) is 0 Å². The number of ether oxygens (including phenoxy) is 17. The second-order valence-electron chi connectivity index (χ2n) is 39.8. The van der Waals surface area contributed by atoms with Gasteiger partial charge in [-0.1, -0.05) is 62.3 Å². The second kappa shape index (κ2) is 35.1. The first kappa shape index (κ1) is 91.2. The molecule has 18 aliphatic rings. The molecule has 0 aromatic rings. The Labute approximate surface area is 707 Å². The van der Waals surface area contributed by atoms with E-state index in [-0.39, 0.29) is 161 Å². The fraction of sp³-hybridized carbons (Fsp3) is 0.844. The smallest absolute Gasteiger partial charge is 0.313 e. The Kier molecular flexibility index (Phi) is 26.5. The molecule has 121 heavy (non-hydrogen) atoms. The lowest BCUT2D eigenvalue weighted by molar-refractivity contribution is -0.175. The predicted molar refractivity (Wildman–Crippen MR) is 417 cm³/mol. The van der Waals surface area contributed by atoms with E-state index in [1.165, 1.54) is 14.2 Å². The minimum atomic E-state index is -0.774. The van der Waals surface area contributed by atoms with Gasteiger partial charge in [0.1, 0.15) is 72.5 Å². The van der Waals surface area contributed by atoms with Crippen LogP contribution in [0.2, 0.25) is 0 Å². The largest absolute Gasteiger partial charge is 0.469 e. The molecule has 8 saturated carbocycles. The third-order valence-electron chi connectivity index (χ3n) is 32.1. The van der Waals surface area contributed by atoms with Crippen LogP contribution in [-0.2, 0) is 148 Å². The highest BCUT2D eigenvalue weighted by Crippen LogP contribution is 2.62. The molecule has 0 N–H and O–H groups in total. The molecule has 0 amide bonds. The first-order valence-electron chi connectivity index (χ1n) is 44.4. The number of fused-ring (bicyclic) bond motifs is 22. The summed E-state index contributed by atoms with van der Waals surface area (Å²) in [5.74, 6) is -2.72. The fourth-order valence-corrected chi connectivity index (χ4v) is 22.7. The van der Waals surface area contributed by atoms with Crippen molar-refractivity contribution in [1.82, 2.24) is 0 Å². The summed E-state index contributed by atoms with van der Waals surface area (Å²) in [7, 11) is 4.14. The van der Waals surface area contributed by atoms with Crippen molar-refractivity contribution in [2.45, 2.75) is 274 Å². The van der Waals surface area contributed by atoms with E-state index in [1.54, 1.807) is 27.9 Å². The Morgan fingerprint density at radius 2 is 0.686 bits per heavy atom. The van der Waals surface area contributed by atoms with Crippen LogP contribution in [0.4, 0.5) is 0 Å². The minimum Gasteiger partial charge on any atom is -0.469 e. The maximum absolute atomic E-state index is 12.4. The molecule has 36 atom stereocenters. The normalized spacial score (nSPS) is 40.9. The molecule has 10 saturated heterocycles. The molecule has 8 aliphatic carbocycles. The first-order valence-corrected chi connectivity index (χ1v) is 44.4. The van der Waals surface area contributed by atoms with Gasteiger partial charge >= 0.3 is 83.6 Å². The van der Waals surface area contributed by atoms with Gasteiger partial charge in [-0.3, -0.25) is 67.1 Å². The molecule has 18 rings (SSSR count). The molecule has 674 valence electrons. The molecule has 36 unspecified atom stereocenters. The van der Waals surface area contributed by atoms with Crippen LogP contribution in [0.5, 0.6) is 0 Å². The van der Waals surface area contributed by atoms with Crippen LogP contribution in [0, 0.1) is 158 Å². The summed E-state index contributed by atoms with van der Waals surface area (Å²) in [6, 6.07) is 0. The molecule has 31 nitrogen and oxygen atoms in total. The third kappa shape index (κ3) is 16.3. The van der Waals surface area contributed by atoms with Gasteiger partial charge in [0, 0.05) is 60.4 Å². The number of methoxy groups -OCH3 is 3. The summed E-state index contributed by atoms with van der Waals surface area (Å²) in [6.45, 7) is 34.6. The van der Waals surface area contributed by atoms with Crippen molar-refractivity contribution in [3.63, 3.8) is 0 Å². The fourth-order valence-electron chi connectivity index (χ4n) is 22.7. The summed E-state index contributed by atoms with van der Waals surface area (Å²) in [5, 5.41) is 0. The average Bonchev–Trinajstić information content (AvgIpc) is 1.54. The summed E-state index contributed by atoms with van der Waals surface area (Å²) in [4.78, 5) is 168. The number of rotatable bonds is 21. The highest BCUT2D eigenvalue weighted by molar-refractivity contribution is 5.89. The number of carbonyl (C=O) groups excluding carboxylic acids is 14. The summed E-state index contributed by atoms with van der Waals surface area (Å²) < 4.78 is 91.7. The molecule has 18 fully saturated rings. The van der Waals surface area contributed by atoms with E-state index in [2.05, 4.69) is 6.92 Å². The summed E-state index contributed by atoms with van der Waals surface area (Å²) in [6.07, 6.45) is 4.43. The zero-order valence-electron chi connectivity index (χ0n) is 73.8. The zero-order chi connectivity index (χ0) is 88.2. The molecular weight excluding hydrogens is 1580 g/mol. The van der Waals surface area contributed by atoms with Gasteiger partial charge in [0.2, 0.25) is 0 Å². The number of hydrogen-bond donors (Lipinski definition) is 0. The maximum atomic E-state index is 12.4. The van der Waals surface area contributed by atoms with Crippen LogP contribution in [0.25, 0.3) is 0 Å². The van der Waals surface area contributed by atoms with E-state index >= 15 is 0 Å². The van der Waals surface area contributed by atoms with Crippen molar-refractivity contribution in [1.29, 1.82) is 0 Å². The standard InChI is InChI=1S/C16H24O5.C16H24O4.C15H20O7.C15H22O4.C14H18O7.C14H20O4/c1-5-16(2,3)15(18)21-13-8-6-9(12(13)19-4)11-10(8)7-20-14(11)17;1-5-16(3,4)15(18)20-13-8(2)9-6-10(13)11-7-19-14(17)12(9)11;1-5-15(2,3)14(18)22-11-8-6(12(16)19-4)7-9(20-8)10(11)21-13(7)17;1-4-15(2,3)14(17)19-11-6-8-5-9(11)10-7-18-13(16)12(8)10;1-4-5(2)12(15)20-10-8-6(13(16)18-3)7-9(19-8)11(10)21-14(7)17;1-3-7(2)13(15)18-11-5-8-4-9(11)10-6-17-14(16)12(8)10/h8-13H,5-7H2,1-4H3;8-13H,5-7H2,1-4H3;6-11H,5H2,1-4H3;8-12H,4-7H2,1-3H3;5-11H,4H2,1-3H3;7-12H,3-6H2,1-2H3. The maximum Gasteiger partial charge on any atom is 0.313 e. The van der Waals surface area contributed by atoms with Crippen LogP contribution >= 0.6 is 0 Å². The van der Waals surface area contributed by atoms with Crippen molar-refractivity contribution in [2.75, 3.05) is 47.8 Å². The van der Waals surface area contributed by atoms with Gasteiger partial charge < -0.3 is 80.5 Å². The SMILES string of the molecule is CCC(C)(C)C(=O)OC1C(C)C2CC1C1COC(=O)C21.CCC(C)(C)C(=O)OC1C2CC(C1OC)C1C(=O)OCC21.CCC(C)(C)C(=O)OC1C2OC(=O)C3C2OC1C3C(=O)OC.CCC(C)(C)C(=O)OC1CC2CC1C1COC(=O)C21.CCC(C)C(=O)OC1C2OC(=O)C3C2OC1C3C(=O)OC.CCC(C)C(=O)OC1CC2CC1C1COC(=O)C21. The number of esters is 14. The molecule has 10 aliphatic heterocycles. The van der Waals surface area contributed by atoms with Gasteiger partial charge in [0.25, 0.3) is 0 Å². The van der Waals surface area contributed by atoms with Crippen LogP contribution in [0.15, 0.2) is 0 Å². The molecule has 0 spiro atoms. The quantitative estimate of drug-likeness (QED) is 0.0766. The van der Waals surface area contributed by atoms with Crippen LogP contribution < -0.4 is 0 Å². The zero-order valence-corrected chi connectivity index (χ0v) is 73.8. The van der Waals surface area contributed by atoms with E-state index in [1.807, 2.05) is 90.0 Å². The van der Waals surface area contributed by atoms with Crippen LogP contribution in [-0.4, -0.2) is 211 Å². The Hall–Kier alpha value is -7.54. The summed E-state index contributed by atoms with van der Waals surface area (Å²) >= 11 is 0. The summed E-state index contributed by atoms with van der Waals surface area (Å²) in [5.41, 5.74) is -1.97. The molecule has 0 aromatic carbocycles. The van der Waals surface area contributed by atoms with Gasteiger partial charge in [-0.05, 0) is 156 Å². The molecular formula is C90H128O31. The van der Waals surface area contributed by atoms with Gasteiger partial charge in [-0.25, -0.2) is 0 Å². The van der Waals surface area contributed by atoms with Crippen molar-refractivity contribution in [2.24, 2.45) is 158 Å². The van der Waals surface area contributed by atoms with E-state index in [0.29, 0.717) is 80.7 Å². The average molecular weight is 1710 g/mol. The number of carbonyl (C=O) groups is 14. The van der Waals surface area contributed by atoms with Crippen molar-refractivity contribution in [3.05, 3.63) is 0 Å². The molecule has 10 heterocycles. The Morgan fingerprint density at radius 1 is 0.347 bits per heavy atom. The van der Waals surface area contributed by atoms with Gasteiger partial charge in [-0.15, -0.1) is 0 Å². The van der Waals surface area contributed by atoms with Gasteiger partial charge in [0.15, 0.2) is 24.4 Å². The highest BCUT2D eigenvalue weighted by Gasteiger charge is 2.75. The van der Waals surface area contributed by atoms with Crippen LogP contribution in [0.1, 0.15) is 195 Å².